The van der Waals surface area contributed by atoms with E-state index in [1.165, 1.54) is 11.3 Å². The van der Waals surface area contributed by atoms with Crippen LogP contribution in [0.3, 0.4) is 0 Å². The molecule has 0 spiro atoms. The molecule has 0 saturated carbocycles. The third kappa shape index (κ3) is 4.87. The van der Waals surface area contributed by atoms with Crippen molar-refractivity contribution in [3.8, 4) is 0 Å². The van der Waals surface area contributed by atoms with Crippen molar-refractivity contribution in [1.82, 2.24) is 15.1 Å². The Bertz CT molecular complexity index is 303. The molecule has 5 nitrogen and oxygen atoms in total. The molecular formula is C10H20N4OS. The summed E-state index contributed by atoms with van der Waals surface area (Å²) in [6.07, 6.45) is 0. The van der Waals surface area contributed by atoms with Crippen LogP contribution in [0, 0.1) is 5.92 Å². The molecule has 0 aliphatic carbocycles. The van der Waals surface area contributed by atoms with Crippen LogP contribution in [0.25, 0.3) is 0 Å². The van der Waals surface area contributed by atoms with Gasteiger partial charge in [0.05, 0.1) is 13.2 Å². The molecule has 0 bridgehead atoms. The van der Waals surface area contributed by atoms with Gasteiger partial charge in [-0.05, 0) is 5.92 Å². The average molecular weight is 244 g/mol. The zero-order valence-electron chi connectivity index (χ0n) is 10.1. The minimum atomic E-state index is 0.534. The Morgan fingerprint density at radius 3 is 2.69 bits per heavy atom. The maximum atomic E-state index is 5.56. The highest BCUT2D eigenvalue weighted by atomic mass is 32.1. The number of rotatable bonds is 7. The monoisotopic (exact) mass is 244 g/mol. The third-order valence-electron chi connectivity index (χ3n) is 2.08. The fraction of sp³-hybridized carbons (Fsp3) is 0.800. The van der Waals surface area contributed by atoms with Crippen LogP contribution in [-0.4, -0.2) is 41.9 Å². The second kappa shape index (κ2) is 6.78. The van der Waals surface area contributed by atoms with Crippen LogP contribution in [0.15, 0.2) is 0 Å². The first-order chi connectivity index (χ1) is 7.61. The van der Waals surface area contributed by atoms with Gasteiger partial charge in [0.1, 0.15) is 5.01 Å². The lowest BCUT2D eigenvalue weighted by Gasteiger charge is -2.22. The van der Waals surface area contributed by atoms with Crippen LogP contribution < -0.4 is 5.73 Å². The van der Waals surface area contributed by atoms with E-state index in [9.17, 15) is 0 Å². The van der Waals surface area contributed by atoms with E-state index in [2.05, 4.69) is 28.9 Å². The number of anilines is 1. The first-order valence-electron chi connectivity index (χ1n) is 5.41. The molecule has 0 aliphatic rings. The molecule has 1 rings (SSSR count). The highest BCUT2D eigenvalue weighted by Gasteiger charge is 2.10. The van der Waals surface area contributed by atoms with Crippen molar-refractivity contribution in [1.29, 1.82) is 0 Å². The molecule has 1 heterocycles. The Morgan fingerprint density at radius 1 is 1.44 bits per heavy atom. The van der Waals surface area contributed by atoms with Crippen LogP contribution in [0.4, 0.5) is 5.13 Å². The van der Waals surface area contributed by atoms with E-state index in [4.69, 9.17) is 10.5 Å². The second-order valence-electron chi connectivity index (χ2n) is 4.16. The van der Waals surface area contributed by atoms with Crippen LogP contribution >= 0.6 is 11.3 Å². The molecule has 0 saturated heterocycles. The summed E-state index contributed by atoms with van der Waals surface area (Å²) in [5.41, 5.74) is 5.56. The zero-order chi connectivity index (χ0) is 12.0. The van der Waals surface area contributed by atoms with Crippen LogP contribution in [0.5, 0.6) is 0 Å². The van der Waals surface area contributed by atoms with Crippen molar-refractivity contribution in [3.05, 3.63) is 5.01 Å². The van der Waals surface area contributed by atoms with Gasteiger partial charge in [0.15, 0.2) is 0 Å². The number of hydrogen-bond donors (Lipinski definition) is 1. The maximum Gasteiger partial charge on any atom is 0.203 e. The molecule has 92 valence electrons. The molecule has 1 aromatic heterocycles. The van der Waals surface area contributed by atoms with E-state index in [0.717, 1.165) is 31.2 Å². The summed E-state index contributed by atoms with van der Waals surface area (Å²) >= 11 is 1.45. The van der Waals surface area contributed by atoms with Gasteiger partial charge in [0.2, 0.25) is 5.13 Å². The standard InChI is InChI=1S/C10H20N4OS/c1-8(2)6-14(4-5-15-3)7-9-12-13-10(11)16-9/h8H,4-7H2,1-3H3,(H2,11,13). The molecule has 0 fully saturated rings. The number of ether oxygens (including phenoxy) is 1. The summed E-state index contributed by atoms with van der Waals surface area (Å²) in [4.78, 5) is 2.31. The van der Waals surface area contributed by atoms with Gasteiger partial charge in [0.25, 0.3) is 0 Å². The summed E-state index contributed by atoms with van der Waals surface area (Å²) in [6, 6.07) is 0. The van der Waals surface area contributed by atoms with Gasteiger partial charge in [-0.3, -0.25) is 4.90 Å². The van der Waals surface area contributed by atoms with E-state index in [-0.39, 0.29) is 0 Å². The molecule has 1 aromatic rings. The summed E-state index contributed by atoms with van der Waals surface area (Å²) in [5.74, 6) is 0.627. The maximum absolute atomic E-state index is 5.56. The Morgan fingerprint density at radius 2 is 2.19 bits per heavy atom. The van der Waals surface area contributed by atoms with Crippen LogP contribution in [0.2, 0.25) is 0 Å². The molecular weight excluding hydrogens is 224 g/mol. The highest BCUT2D eigenvalue weighted by molar-refractivity contribution is 7.15. The number of hydrogen-bond acceptors (Lipinski definition) is 6. The fourth-order valence-corrected chi connectivity index (χ4v) is 2.15. The fourth-order valence-electron chi connectivity index (χ4n) is 1.49. The van der Waals surface area contributed by atoms with Crippen molar-refractivity contribution in [2.24, 2.45) is 5.92 Å². The van der Waals surface area contributed by atoms with E-state index in [1.807, 2.05) is 0 Å². The first kappa shape index (κ1) is 13.3. The molecule has 0 amide bonds. The van der Waals surface area contributed by atoms with E-state index in [1.54, 1.807) is 7.11 Å². The van der Waals surface area contributed by atoms with Gasteiger partial charge >= 0.3 is 0 Å². The van der Waals surface area contributed by atoms with E-state index in [0.29, 0.717) is 11.0 Å². The number of nitrogens with two attached hydrogens (primary N) is 1. The summed E-state index contributed by atoms with van der Waals surface area (Å²) in [7, 11) is 1.72. The number of nitrogens with zero attached hydrogens (tertiary/aromatic N) is 3. The lowest BCUT2D eigenvalue weighted by Crippen LogP contribution is -2.30. The topological polar surface area (TPSA) is 64.3 Å². The predicted molar refractivity (Wildman–Crippen MR) is 66.3 cm³/mol. The number of aromatic nitrogens is 2. The molecule has 2 N–H and O–H groups in total. The zero-order valence-corrected chi connectivity index (χ0v) is 11.0. The average Bonchev–Trinajstić information content (AvgIpc) is 2.59. The van der Waals surface area contributed by atoms with E-state index < -0.39 is 0 Å². The molecule has 0 radical (unpaired) electrons. The summed E-state index contributed by atoms with van der Waals surface area (Å²) in [6.45, 7) is 7.89. The largest absolute Gasteiger partial charge is 0.383 e. The van der Waals surface area contributed by atoms with Gasteiger partial charge < -0.3 is 10.5 Å². The van der Waals surface area contributed by atoms with Crippen molar-refractivity contribution in [3.63, 3.8) is 0 Å². The van der Waals surface area contributed by atoms with Gasteiger partial charge in [-0.1, -0.05) is 25.2 Å². The Balaban J connectivity index is 2.48. The Hall–Kier alpha value is -0.720. The Kier molecular flexibility index (Phi) is 5.65. The quantitative estimate of drug-likeness (QED) is 0.781. The minimum absolute atomic E-state index is 0.534. The smallest absolute Gasteiger partial charge is 0.203 e. The molecule has 6 heteroatoms. The predicted octanol–water partition coefficient (Wildman–Crippen LogP) is 1.22. The first-order valence-corrected chi connectivity index (χ1v) is 6.22. The lowest BCUT2D eigenvalue weighted by molar-refractivity contribution is 0.136. The van der Waals surface area contributed by atoms with E-state index >= 15 is 0 Å². The van der Waals surface area contributed by atoms with Gasteiger partial charge in [-0.25, -0.2) is 0 Å². The minimum Gasteiger partial charge on any atom is -0.383 e. The third-order valence-corrected chi connectivity index (χ3v) is 2.81. The number of methoxy groups -OCH3 is 1. The van der Waals surface area contributed by atoms with Crippen LogP contribution in [0.1, 0.15) is 18.9 Å². The van der Waals surface area contributed by atoms with Gasteiger partial charge in [0, 0.05) is 20.2 Å². The summed E-state index contributed by atoms with van der Waals surface area (Å²) < 4.78 is 5.10. The van der Waals surface area contributed by atoms with Crippen molar-refractivity contribution in [2.75, 3.05) is 32.5 Å². The van der Waals surface area contributed by atoms with Crippen molar-refractivity contribution >= 4 is 16.5 Å². The van der Waals surface area contributed by atoms with Crippen molar-refractivity contribution in [2.45, 2.75) is 20.4 Å². The SMILES string of the molecule is COCCN(Cc1nnc(N)s1)CC(C)C. The van der Waals surface area contributed by atoms with Crippen LogP contribution in [-0.2, 0) is 11.3 Å². The summed E-state index contributed by atoms with van der Waals surface area (Å²) in [5, 5.41) is 9.35. The number of nitrogen functional groups attached to an aromatic ring is 1. The highest BCUT2D eigenvalue weighted by Crippen LogP contribution is 2.14. The normalized spacial score (nSPS) is 11.6. The van der Waals surface area contributed by atoms with Gasteiger partial charge in [-0.15, -0.1) is 10.2 Å². The molecule has 0 aromatic carbocycles. The lowest BCUT2D eigenvalue weighted by atomic mass is 10.2. The molecule has 0 atom stereocenters. The molecule has 0 aliphatic heterocycles. The molecule has 0 unspecified atom stereocenters. The van der Waals surface area contributed by atoms with Gasteiger partial charge in [-0.2, -0.15) is 0 Å². The van der Waals surface area contributed by atoms with Crippen molar-refractivity contribution < 1.29 is 4.74 Å². The Labute approximate surface area is 101 Å². The molecule has 16 heavy (non-hydrogen) atoms. The second-order valence-corrected chi connectivity index (χ2v) is 5.25.